The van der Waals surface area contributed by atoms with Crippen molar-refractivity contribution in [2.75, 3.05) is 20.8 Å². The van der Waals surface area contributed by atoms with E-state index in [0.29, 0.717) is 30.0 Å². The van der Waals surface area contributed by atoms with Crippen molar-refractivity contribution in [2.45, 2.75) is 32.9 Å². The average Bonchev–Trinajstić information content (AvgIpc) is 3.11. The maximum Gasteiger partial charge on any atom is 0.338 e. The molecule has 0 spiro atoms. The van der Waals surface area contributed by atoms with Gasteiger partial charge in [-0.3, -0.25) is 4.79 Å². The molecule has 0 bridgehead atoms. The molecule has 6 heteroatoms. The summed E-state index contributed by atoms with van der Waals surface area (Å²) >= 11 is 0. The van der Waals surface area contributed by atoms with E-state index in [1.165, 1.54) is 0 Å². The summed E-state index contributed by atoms with van der Waals surface area (Å²) in [4.78, 5) is 25.9. The topological polar surface area (TPSA) is 65.1 Å². The fourth-order valence-corrected chi connectivity index (χ4v) is 3.24. The fourth-order valence-electron chi connectivity index (χ4n) is 3.24. The SMILES string of the molecule is COc1cc(C)c(COC(=O)c2ccc(CN3CCCC3=O)cc2)cc1OC. The first-order chi connectivity index (χ1) is 13.5. The maximum absolute atomic E-state index is 12.4. The molecule has 0 unspecified atom stereocenters. The second kappa shape index (κ2) is 8.78. The van der Waals surface area contributed by atoms with Crippen molar-refractivity contribution in [2.24, 2.45) is 0 Å². The molecule has 0 aliphatic carbocycles. The summed E-state index contributed by atoms with van der Waals surface area (Å²) in [5.41, 5.74) is 3.29. The highest BCUT2D eigenvalue weighted by Gasteiger charge is 2.20. The lowest BCUT2D eigenvalue weighted by Crippen LogP contribution is -2.23. The van der Waals surface area contributed by atoms with Crippen LogP contribution in [0, 0.1) is 6.92 Å². The van der Waals surface area contributed by atoms with Crippen LogP contribution in [0.4, 0.5) is 0 Å². The van der Waals surface area contributed by atoms with Gasteiger partial charge in [-0.1, -0.05) is 12.1 Å². The zero-order valence-corrected chi connectivity index (χ0v) is 16.5. The van der Waals surface area contributed by atoms with E-state index in [4.69, 9.17) is 14.2 Å². The molecule has 3 rings (SSSR count). The van der Waals surface area contributed by atoms with Crippen LogP contribution in [-0.2, 0) is 22.7 Å². The zero-order chi connectivity index (χ0) is 20.1. The monoisotopic (exact) mass is 383 g/mol. The molecular formula is C22H25NO5. The van der Waals surface area contributed by atoms with Crippen molar-refractivity contribution in [1.29, 1.82) is 0 Å². The first kappa shape index (κ1) is 19.7. The molecule has 6 nitrogen and oxygen atoms in total. The number of likely N-dealkylation sites (tertiary alicyclic amines) is 1. The Hall–Kier alpha value is -3.02. The molecule has 2 aromatic carbocycles. The Kier molecular flexibility index (Phi) is 6.19. The van der Waals surface area contributed by atoms with Gasteiger partial charge in [0.15, 0.2) is 11.5 Å². The second-order valence-corrected chi connectivity index (χ2v) is 6.83. The summed E-state index contributed by atoms with van der Waals surface area (Å²) < 4.78 is 16.0. The third kappa shape index (κ3) is 4.44. The Labute approximate surface area is 165 Å². The van der Waals surface area contributed by atoms with E-state index in [9.17, 15) is 9.59 Å². The molecule has 0 atom stereocenters. The molecule has 2 aromatic rings. The highest BCUT2D eigenvalue weighted by atomic mass is 16.5. The van der Waals surface area contributed by atoms with E-state index in [1.807, 2.05) is 36.1 Å². The van der Waals surface area contributed by atoms with Gasteiger partial charge in [-0.2, -0.15) is 0 Å². The molecule has 1 aliphatic rings. The standard InChI is InChI=1S/C22H25NO5/c1-15-11-19(26-2)20(27-3)12-18(15)14-28-22(25)17-8-6-16(7-9-17)13-23-10-4-5-21(23)24/h6-9,11-12H,4-5,10,13-14H2,1-3H3. The highest BCUT2D eigenvalue weighted by Crippen LogP contribution is 2.30. The number of hydrogen-bond donors (Lipinski definition) is 0. The first-order valence-corrected chi connectivity index (χ1v) is 9.27. The van der Waals surface area contributed by atoms with E-state index < -0.39 is 5.97 Å². The summed E-state index contributed by atoms with van der Waals surface area (Å²) in [5.74, 6) is 1.04. The Morgan fingerprint density at radius 2 is 1.75 bits per heavy atom. The highest BCUT2D eigenvalue weighted by molar-refractivity contribution is 5.89. The Bertz CT molecular complexity index is 860. The molecule has 28 heavy (non-hydrogen) atoms. The number of methoxy groups -OCH3 is 2. The van der Waals surface area contributed by atoms with Crippen molar-refractivity contribution < 1.29 is 23.8 Å². The van der Waals surface area contributed by atoms with Crippen molar-refractivity contribution in [3.63, 3.8) is 0 Å². The van der Waals surface area contributed by atoms with Gasteiger partial charge in [0.1, 0.15) is 6.61 Å². The van der Waals surface area contributed by atoms with Crippen LogP contribution >= 0.6 is 0 Å². The number of rotatable bonds is 7. The predicted molar refractivity (Wildman–Crippen MR) is 104 cm³/mol. The normalized spacial score (nSPS) is 13.5. The van der Waals surface area contributed by atoms with Gasteiger partial charge in [0.25, 0.3) is 0 Å². The van der Waals surface area contributed by atoms with Crippen molar-refractivity contribution in [3.8, 4) is 11.5 Å². The number of esters is 1. The van der Waals surface area contributed by atoms with Crippen LogP contribution in [-0.4, -0.2) is 37.5 Å². The molecule has 148 valence electrons. The van der Waals surface area contributed by atoms with Gasteiger partial charge in [-0.15, -0.1) is 0 Å². The molecule has 0 radical (unpaired) electrons. The lowest BCUT2D eigenvalue weighted by Gasteiger charge is -2.15. The summed E-state index contributed by atoms with van der Waals surface area (Å²) in [6, 6.07) is 10.9. The van der Waals surface area contributed by atoms with Crippen LogP contribution in [0.1, 0.15) is 39.9 Å². The van der Waals surface area contributed by atoms with Crippen LogP contribution in [0.3, 0.4) is 0 Å². The quantitative estimate of drug-likeness (QED) is 0.685. The van der Waals surface area contributed by atoms with Crippen LogP contribution in [0.15, 0.2) is 36.4 Å². The minimum absolute atomic E-state index is 0.148. The number of carbonyl (C=O) groups is 2. The molecule has 1 heterocycles. The first-order valence-electron chi connectivity index (χ1n) is 9.27. The van der Waals surface area contributed by atoms with Crippen LogP contribution in [0.25, 0.3) is 0 Å². The van der Waals surface area contributed by atoms with E-state index in [2.05, 4.69) is 0 Å². The number of nitrogens with zero attached hydrogens (tertiary/aromatic N) is 1. The van der Waals surface area contributed by atoms with E-state index in [0.717, 1.165) is 29.7 Å². The lowest BCUT2D eigenvalue weighted by molar-refractivity contribution is -0.128. The minimum Gasteiger partial charge on any atom is -0.493 e. The third-order valence-electron chi connectivity index (χ3n) is 4.94. The van der Waals surface area contributed by atoms with Gasteiger partial charge in [0.05, 0.1) is 19.8 Å². The number of ether oxygens (including phenoxy) is 3. The fraction of sp³-hybridized carbons (Fsp3) is 0.364. The second-order valence-electron chi connectivity index (χ2n) is 6.83. The van der Waals surface area contributed by atoms with Gasteiger partial charge in [-0.05, 0) is 54.3 Å². The number of amides is 1. The number of benzene rings is 2. The number of aryl methyl sites for hydroxylation is 1. The van der Waals surface area contributed by atoms with E-state index in [1.54, 1.807) is 26.4 Å². The number of carbonyl (C=O) groups excluding carboxylic acids is 2. The van der Waals surface area contributed by atoms with E-state index >= 15 is 0 Å². The van der Waals surface area contributed by atoms with Crippen LogP contribution in [0.5, 0.6) is 11.5 Å². The lowest BCUT2D eigenvalue weighted by atomic mass is 10.1. The molecule has 1 fully saturated rings. The smallest absolute Gasteiger partial charge is 0.338 e. The molecular weight excluding hydrogens is 358 g/mol. The Morgan fingerprint density at radius 1 is 1.07 bits per heavy atom. The van der Waals surface area contributed by atoms with Gasteiger partial charge in [0, 0.05) is 19.5 Å². The largest absolute Gasteiger partial charge is 0.493 e. The molecule has 1 amide bonds. The summed E-state index contributed by atoms with van der Waals surface area (Å²) in [6.45, 7) is 3.46. The molecule has 1 saturated heterocycles. The summed E-state index contributed by atoms with van der Waals surface area (Å²) in [6.07, 6.45) is 1.54. The van der Waals surface area contributed by atoms with Crippen LogP contribution in [0.2, 0.25) is 0 Å². The third-order valence-corrected chi connectivity index (χ3v) is 4.94. The van der Waals surface area contributed by atoms with Crippen molar-refractivity contribution >= 4 is 11.9 Å². The van der Waals surface area contributed by atoms with Gasteiger partial charge < -0.3 is 19.1 Å². The Balaban J connectivity index is 1.61. The maximum atomic E-state index is 12.4. The molecule has 0 N–H and O–H groups in total. The Morgan fingerprint density at radius 3 is 2.36 bits per heavy atom. The van der Waals surface area contributed by atoms with Crippen molar-refractivity contribution in [3.05, 3.63) is 58.7 Å². The van der Waals surface area contributed by atoms with Gasteiger partial charge in [0.2, 0.25) is 5.91 Å². The van der Waals surface area contributed by atoms with Gasteiger partial charge >= 0.3 is 5.97 Å². The average molecular weight is 383 g/mol. The molecule has 0 aromatic heterocycles. The van der Waals surface area contributed by atoms with Crippen LogP contribution < -0.4 is 9.47 Å². The molecule has 1 aliphatic heterocycles. The molecule has 0 saturated carbocycles. The summed E-state index contributed by atoms with van der Waals surface area (Å²) in [7, 11) is 3.15. The van der Waals surface area contributed by atoms with E-state index in [-0.39, 0.29) is 12.5 Å². The summed E-state index contributed by atoms with van der Waals surface area (Å²) in [5, 5.41) is 0. The van der Waals surface area contributed by atoms with Crippen molar-refractivity contribution in [1.82, 2.24) is 4.90 Å². The predicted octanol–water partition coefficient (Wildman–Crippen LogP) is 3.49. The number of hydrogen-bond acceptors (Lipinski definition) is 5. The van der Waals surface area contributed by atoms with Gasteiger partial charge in [-0.25, -0.2) is 4.79 Å². The minimum atomic E-state index is -0.391. The zero-order valence-electron chi connectivity index (χ0n) is 16.5.